The minimum Gasteiger partial charge on any atom is -0.488 e. The normalized spacial score (nSPS) is 13.2. The maximum absolute atomic E-state index is 11.5. The number of rotatable bonds is 6. The maximum Gasteiger partial charge on any atom is 0.336 e. The number of furan rings is 1. The smallest absolute Gasteiger partial charge is 0.336 e. The molecule has 0 N–H and O–H groups in total. The number of fused-ring (bicyclic) bond motifs is 2. The molecule has 0 fully saturated rings. The summed E-state index contributed by atoms with van der Waals surface area (Å²) in [7, 11) is 0. The quantitative estimate of drug-likeness (QED) is 0.412. The molecule has 0 aliphatic rings. The van der Waals surface area contributed by atoms with Gasteiger partial charge >= 0.3 is 5.63 Å². The van der Waals surface area contributed by atoms with Gasteiger partial charge in [0.2, 0.25) is 0 Å². The number of hydrogen-bond donors (Lipinski definition) is 0. The Kier molecular flexibility index (Phi) is 5.31. The molecule has 0 amide bonds. The zero-order chi connectivity index (χ0) is 18.7. The van der Waals surface area contributed by atoms with Crippen molar-refractivity contribution in [1.29, 1.82) is 0 Å². The second-order valence-corrected chi connectivity index (χ2v) is 6.99. The fourth-order valence-electron chi connectivity index (χ4n) is 3.25. The lowest BCUT2D eigenvalue weighted by Gasteiger charge is -2.10. The fourth-order valence-corrected chi connectivity index (χ4v) is 3.25. The van der Waals surface area contributed by atoms with Gasteiger partial charge < -0.3 is 13.6 Å². The van der Waals surface area contributed by atoms with Gasteiger partial charge in [-0.2, -0.15) is 0 Å². The third-order valence-corrected chi connectivity index (χ3v) is 4.23. The van der Waals surface area contributed by atoms with E-state index in [1.165, 1.54) is 17.2 Å². The van der Waals surface area contributed by atoms with Gasteiger partial charge in [-0.1, -0.05) is 24.1 Å². The molecule has 0 saturated heterocycles. The van der Waals surface area contributed by atoms with E-state index in [4.69, 9.17) is 13.6 Å². The minimum absolute atomic E-state index is 0.390. The highest BCUT2D eigenvalue weighted by atomic mass is 16.5. The number of allylic oxidation sites excluding steroid dienone is 3. The zero-order valence-electron chi connectivity index (χ0n) is 15.7. The third kappa shape index (κ3) is 4.07. The largest absolute Gasteiger partial charge is 0.488 e. The minimum atomic E-state index is -0.390. The molecule has 0 radical (unpaired) electrons. The molecular formula is C22H24O4. The van der Waals surface area contributed by atoms with Gasteiger partial charge in [-0.15, -0.1) is 0 Å². The molecule has 1 aromatic carbocycles. The molecule has 3 aromatic rings. The SMILES string of the molecule is CC(C)=C[C@@H](C)CC(C)=CCOc1c2ccoc2cc2oc(=O)ccc12. The summed E-state index contributed by atoms with van der Waals surface area (Å²) >= 11 is 0. The summed E-state index contributed by atoms with van der Waals surface area (Å²) in [6, 6.07) is 6.73. The van der Waals surface area contributed by atoms with Gasteiger partial charge in [0.25, 0.3) is 0 Å². The van der Waals surface area contributed by atoms with Crippen molar-refractivity contribution in [3.63, 3.8) is 0 Å². The molecule has 0 bridgehead atoms. The Morgan fingerprint density at radius 2 is 1.92 bits per heavy atom. The van der Waals surface area contributed by atoms with Gasteiger partial charge in [0.1, 0.15) is 23.5 Å². The Bertz CT molecular complexity index is 1030. The molecule has 136 valence electrons. The van der Waals surface area contributed by atoms with Crippen molar-refractivity contribution in [1.82, 2.24) is 0 Å². The van der Waals surface area contributed by atoms with Crippen LogP contribution < -0.4 is 10.4 Å². The summed E-state index contributed by atoms with van der Waals surface area (Å²) in [4.78, 5) is 11.5. The molecule has 4 nitrogen and oxygen atoms in total. The molecular weight excluding hydrogens is 328 g/mol. The lowest BCUT2D eigenvalue weighted by Crippen LogP contribution is -2.00. The van der Waals surface area contributed by atoms with E-state index in [9.17, 15) is 4.79 Å². The van der Waals surface area contributed by atoms with Crippen molar-refractivity contribution in [3.8, 4) is 5.75 Å². The highest BCUT2D eigenvalue weighted by Gasteiger charge is 2.13. The summed E-state index contributed by atoms with van der Waals surface area (Å²) in [6.45, 7) is 9.02. The monoisotopic (exact) mass is 352 g/mol. The second-order valence-electron chi connectivity index (χ2n) is 6.99. The molecule has 0 unspecified atom stereocenters. The van der Waals surface area contributed by atoms with Crippen molar-refractivity contribution in [2.24, 2.45) is 5.92 Å². The van der Waals surface area contributed by atoms with Gasteiger partial charge in [0.15, 0.2) is 0 Å². The predicted molar refractivity (Wildman–Crippen MR) is 105 cm³/mol. The van der Waals surface area contributed by atoms with Crippen molar-refractivity contribution >= 4 is 21.9 Å². The maximum atomic E-state index is 11.5. The molecule has 0 spiro atoms. The second kappa shape index (κ2) is 7.65. The van der Waals surface area contributed by atoms with Crippen LogP contribution in [0.3, 0.4) is 0 Å². The summed E-state index contributed by atoms with van der Waals surface area (Å²) in [5.41, 5.74) is 3.33. The molecule has 0 aliphatic heterocycles. The molecule has 26 heavy (non-hydrogen) atoms. The van der Waals surface area contributed by atoms with Gasteiger partial charge in [0, 0.05) is 12.1 Å². The van der Waals surface area contributed by atoms with Gasteiger partial charge in [-0.3, -0.25) is 0 Å². The molecule has 0 saturated carbocycles. The van der Waals surface area contributed by atoms with Crippen molar-refractivity contribution < 1.29 is 13.6 Å². The van der Waals surface area contributed by atoms with Crippen LogP contribution >= 0.6 is 0 Å². The van der Waals surface area contributed by atoms with E-state index in [1.54, 1.807) is 18.4 Å². The Labute approximate surface area is 152 Å². The third-order valence-electron chi connectivity index (χ3n) is 4.23. The van der Waals surface area contributed by atoms with Crippen LogP contribution in [0.25, 0.3) is 21.9 Å². The topological polar surface area (TPSA) is 52.6 Å². The summed E-state index contributed by atoms with van der Waals surface area (Å²) in [5, 5.41) is 1.64. The van der Waals surface area contributed by atoms with Crippen LogP contribution in [-0.2, 0) is 0 Å². The molecule has 0 aliphatic carbocycles. The first kappa shape index (κ1) is 18.1. The van der Waals surface area contributed by atoms with Crippen LogP contribution in [0.2, 0.25) is 0 Å². The lowest BCUT2D eigenvalue weighted by molar-refractivity contribution is 0.369. The molecule has 1 atom stereocenters. The number of hydrogen-bond acceptors (Lipinski definition) is 4. The van der Waals surface area contributed by atoms with Crippen LogP contribution in [-0.4, -0.2) is 6.61 Å². The van der Waals surface area contributed by atoms with E-state index in [0.717, 1.165) is 17.2 Å². The summed E-state index contributed by atoms with van der Waals surface area (Å²) < 4.78 is 16.8. The molecule has 2 aromatic heterocycles. The Morgan fingerprint density at radius 1 is 1.15 bits per heavy atom. The molecule has 4 heteroatoms. The van der Waals surface area contributed by atoms with Crippen molar-refractivity contribution in [2.45, 2.75) is 34.1 Å². The van der Waals surface area contributed by atoms with E-state index in [0.29, 0.717) is 29.4 Å². The van der Waals surface area contributed by atoms with Crippen LogP contribution in [0.5, 0.6) is 5.75 Å². The van der Waals surface area contributed by atoms with Gasteiger partial charge in [-0.05, 0) is 51.3 Å². The average molecular weight is 352 g/mol. The first-order valence-corrected chi connectivity index (χ1v) is 8.81. The van der Waals surface area contributed by atoms with E-state index in [-0.39, 0.29) is 0 Å². The van der Waals surface area contributed by atoms with Crippen LogP contribution in [0.15, 0.2) is 67.5 Å². The number of benzene rings is 1. The van der Waals surface area contributed by atoms with Crippen molar-refractivity contribution in [3.05, 3.63) is 64.2 Å². The van der Waals surface area contributed by atoms with Gasteiger partial charge in [-0.25, -0.2) is 4.79 Å². The number of ether oxygens (including phenoxy) is 1. The van der Waals surface area contributed by atoms with Crippen molar-refractivity contribution in [2.75, 3.05) is 6.61 Å². The van der Waals surface area contributed by atoms with E-state index < -0.39 is 5.63 Å². The molecule has 2 heterocycles. The van der Waals surface area contributed by atoms with Gasteiger partial charge in [0.05, 0.1) is 17.0 Å². The Balaban J connectivity index is 1.83. The highest BCUT2D eigenvalue weighted by molar-refractivity contribution is 6.01. The Morgan fingerprint density at radius 3 is 2.69 bits per heavy atom. The standard InChI is InChI=1S/C22H24O4/c1-14(2)11-16(4)12-15(3)7-9-25-22-17-5-6-21(23)26-20(17)13-19-18(22)8-10-24-19/h5-8,10-11,13,16H,9,12H2,1-4H3/t16-/m1/s1. The summed E-state index contributed by atoms with van der Waals surface area (Å²) in [5.74, 6) is 1.18. The van der Waals surface area contributed by atoms with E-state index >= 15 is 0 Å². The molecule has 3 rings (SSSR count). The summed E-state index contributed by atoms with van der Waals surface area (Å²) in [6.07, 6.45) is 6.98. The highest BCUT2D eigenvalue weighted by Crippen LogP contribution is 2.35. The predicted octanol–water partition coefficient (Wildman–Crippen LogP) is 5.86. The fraction of sp³-hybridized carbons (Fsp3) is 0.318. The first-order valence-electron chi connectivity index (χ1n) is 8.81. The van der Waals surface area contributed by atoms with E-state index in [2.05, 4.69) is 39.8 Å². The average Bonchev–Trinajstić information content (AvgIpc) is 3.01. The van der Waals surface area contributed by atoms with Crippen LogP contribution in [0.1, 0.15) is 34.1 Å². The van der Waals surface area contributed by atoms with Crippen LogP contribution in [0, 0.1) is 5.92 Å². The first-order chi connectivity index (χ1) is 12.4. The van der Waals surface area contributed by atoms with Crippen LogP contribution in [0.4, 0.5) is 0 Å². The van der Waals surface area contributed by atoms with E-state index in [1.807, 2.05) is 6.07 Å². The Hall–Kier alpha value is -2.75. The lowest BCUT2D eigenvalue weighted by atomic mass is 10.00. The zero-order valence-corrected chi connectivity index (χ0v) is 15.7.